The first-order valence-electron chi connectivity index (χ1n) is 11.2. The Morgan fingerprint density at radius 3 is 1.69 bits per heavy atom. The summed E-state index contributed by atoms with van der Waals surface area (Å²) in [7, 11) is 0. The summed E-state index contributed by atoms with van der Waals surface area (Å²) in [5.74, 6) is -2.28. The van der Waals surface area contributed by atoms with Crippen LogP contribution in [0.1, 0.15) is 17.5 Å². The van der Waals surface area contributed by atoms with E-state index in [1.165, 1.54) is 11.8 Å². The number of hydrogen-bond acceptors (Lipinski definition) is 6. The molecule has 0 aliphatic heterocycles. The van der Waals surface area contributed by atoms with Crippen LogP contribution >= 0.6 is 11.8 Å². The maximum Gasteiger partial charge on any atom is 0.326 e. The number of carboxylic acid groups (broad SMARTS) is 1. The van der Waals surface area contributed by atoms with Gasteiger partial charge in [0, 0.05) is 12.8 Å². The third kappa shape index (κ3) is 9.79. The molecule has 2 rings (SSSR count). The molecule has 3 amide bonds. The molecule has 0 fully saturated rings. The van der Waals surface area contributed by atoms with Crippen LogP contribution in [0.3, 0.4) is 0 Å². The molecule has 0 heterocycles. The summed E-state index contributed by atoms with van der Waals surface area (Å²) in [5.41, 5.74) is 7.03. The van der Waals surface area contributed by atoms with Gasteiger partial charge in [0.2, 0.25) is 17.7 Å². The van der Waals surface area contributed by atoms with Gasteiger partial charge in [0.25, 0.3) is 0 Å². The lowest BCUT2D eigenvalue weighted by atomic mass is 10.0. The summed E-state index contributed by atoms with van der Waals surface area (Å²) in [6, 6.07) is 15.1. The van der Waals surface area contributed by atoms with Crippen LogP contribution in [0.15, 0.2) is 60.7 Å². The number of thioether (sulfide) groups is 1. The molecule has 3 atom stereocenters. The van der Waals surface area contributed by atoms with Crippen molar-refractivity contribution in [1.29, 1.82) is 0 Å². The highest BCUT2D eigenvalue weighted by Gasteiger charge is 2.29. The van der Waals surface area contributed by atoms with E-state index >= 15 is 0 Å². The Morgan fingerprint density at radius 1 is 0.800 bits per heavy atom. The zero-order chi connectivity index (χ0) is 25.6. The third-order valence-corrected chi connectivity index (χ3v) is 5.90. The van der Waals surface area contributed by atoms with Crippen molar-refractivity contribution in [1.82, 2.24) is 16.0 Å². The maximum atomic E-state index is 13.2. The first-order chi connectivity index (χ1) is 16.8. The number of benzene rings is 2. The first-order valence-corrected chi connectivity index (χ1v) is 12.6. The predicted molar refractivity (Wildman–Crippen MR) is 136 cm³/mol. The first kappa shape index (κ1) is 27.9. The predicted octanol–water partition coefficient (Wildman–Crippen LogP) is 0.723. The molecule has 0 aliphatic rings. The topological polar surface area (TPSA) is 151 Å². The van der Waals surface area contributed by atoms with Crippen molar-refractivity contribution < 1.29 is 24.3 Å². The molecule has 0 saturated carbocycles. The molecular weight excluding hydrogens is 468 g/mol. The van der Waals surface area contributed by atoms with Gasteiger partial charge in [0.05, 0.1) is 6.54 Å². The van der Waals surface area contributed by atoms with E-state index in [1.807, 2.05) is 66.9 Å². The van der Waals surface area contributed by atoms with Gasteiger partial charge < -0.3 is 26.8 Å². The van der Waals surface area contributed by atoms with E-state index < -0.39 is 41.8 Å². The molecule has 0 saturated heterocycles. The van der Waals surface area contributed by atoms with Gasteiger partial charge in [-0.15, -0.1) is 0 Å². The maximum absolute atomic E-state index is 13.2. The van der Waals surface area contributed by atoms with Crippen molar-refractivity contribution in [2.24, 2.45) is 5.73 Å². The minimum Gasteiger partial charge on any atom is -0.480 e. The van der Waals surface area contributed by atoms with Crippen molar-refractivity contribution in [3.63, 3.8) is 0 Å². The molecule has 6 N–H and O–H groups in total. The number of rotatable bonds is 14. The highest BCUT2D eigenvalue weighted by molar-refractivity contribution is 7.98. The van der Waals surface area contributed by atoms with Gasteiger partial charge in [0.1, 0.15) is 18.1 Å². The van der Waals surface area contributed by atoms with Gasteiger partial charge >= 0.3 is 5.97 Å². The Labute approximate surface area is 209 Å². The second kappa shape index (κ2) is 14.8. The summed E-state index contributed by atoms with van der Waals surface area (Å²) in [6.45, 7) is -0.289. The van der Waals surface area contributed by atoms with Gasteiger partial charge in [-0.3, -0.25) is 14.4 Å². The molecule has 0 spiro atoms. The average molecular weight is 501 g/mol. The minimum absolute atomic E-state index is 0.149. The number of carboxylic acids is 1. The van der Waals surface area contributed by atoms with Crippen LogP contribution in [0, 0.1) is 0 Å². The zero-order valence-corrected chi connectivity index (χ0v) is 20.4. The number of carbonyl (C=O) groups excluding carboxylic acids is 3. The molecule has 2 aromatic carbocycles. The summed E-state index contributed by atoms with van der Waals surface area (Å²) in [5, 5.41) is 17.4. The van der Waals surface area contributed by atoms with E-state index in [1.54, 1.807) is 0 Å². The van der Waals surface area contributed by atoms with Gasteiger partial charge in [-0.25, -0.2) is 4.79 Å². The molecule has 188 valence electrons. The monoisotopic (exact) mass is 500 g/mol. The lowest BCUT2D eigenvalue weighted by Crippen LogP contribution is -2.57. The van der Waals surface area contributed by atoms with E-state index in [9.17, 15) is 24.3 Å². The highest BCUT2D eigenvalue weighted by atomic mass is 32.2. The Kier molecular flexibility index (Phi) is 11.8. The number of aliphatic carboxylic acids is 1. The van der Waals surface area contributed by atoms with Crippen molar-refractivity contribution in [3.05, 3.63) is 71.8 Å². The van der Waals surface area contributed by atoms with Crippen molar-refractivity contribution in [2.45, 2.75) is 37.4 Å². The molecule has 10 heteroatoms. The Morgan fingerprint density at radius 2 is 1.26 bits per heavy atom. The van der Waals surface area contributed by atoms with E-state index in [0.717, 1.165) is 11.1 Å². The molecule has 0 radical (unpaired) electrons. The number of nitrogens with one attached hydrogen (secondary N) is 3. The van der Waals surface area contributed by atoms with Gasteiger partial charge in [-0.1, -0.05) is 60.7 Å². The number of nitrogens with two attached hydrogens (primary N) is 1. The molecular formula is C25H32N4O5S. The molecule has 0 bridgehead atoms. The van der Waals surface area contributed by atoms with Crippen LogP contribution in [0.25, 0.3) is 0 Å². The fraction of sp³-hybridized carbons (Fsp3) is 0.360. The largest absolute Gasteiger partial charge is 0.480 e. The molecule has 2 aromatic rings. The smallest absolute Gasteiger partial charge is 0.326 e. The summed E-state index contributed by atoms with van der Waals surface area (Å²) >= 11 is 1.47. The normalized spacial score (nSPS) is 13.2. The van der Waals surface area contributed by atoms with Crippen LogP contribution in [0.4, 0.5) is 0 Å². The highest BCUT2D eigenvalue weighted by Crippen LogP contribution is 2.08. The quantitative estimate of drug-likeness (QED) is 0.256. The van der Waals surface area contributed by atoms with Crippen LogP contribution in [-0.2, 0) is 32.0 Å². The molecule has 3 unspecified atom stereocenters. The zero-order valence-electron chi connectivity index (χ0n) is 19.6. The Balaban J connectivity index is 2.24. The van der Waals surface area contributed by atoms with Crippen LogP contribution in [0.2, 0.25) is 0 Å². The van der Waals surface area contributed by atoms with Crippen molar-refractivity contribution in [2.75, 3.05) is 18.6 Å². The molecule has 35 heavy (non-hydrogen) atoms. The van der Waals surface area contributed by atoms with Crippen LogP contribution < -0.4 is 21.7 Å². The average Bonchev–Trinajstić information content (AvgIpc) is 2.86. The van der Waals surface area contributed by atoms with Gasteiger partial charge in [0.15, 0.2) is 0 Å². The van der Waals surface area contributed by atoms with Gasteiger partial charge in [-0.2, -0.15) is 11.8 Å². The molecule has 0 aromatic heterocycles. The second-order valence-corrected chi connectivity index (χ2v) is 8.93. The third-order valence-electron chi connectivity index (χ3n) is 5.26. The standard InChI is InChI=1S/C25H32N4O5S/c1-35-13-12-19(25(33)34)28-24(32)21(15-18-10-6-3-7-11-18)29-23(31)20(27-22(30)16-26)14-17-8-4-2-5-9-17/h2-11,19-21H,12-16,26H2,1H3,(H,27,30)(H,28,32)(H,29,31)(H,33,34). The van der Waals surface area contributed by atoms with E-state index in [4.69, 9.17) is 5.73 Å². The summed E-state index contributed by atoms with van der Waals surface area (Å²) in [4.78, 5) is 50.0. The molecule has 9 nitrogen and oxygen atoms in total. The number of carbonyl (C=O) groups is 4. The second-order valence-electron chi connectivity index (χ2n) is 7.95. The lowest BCUT2D eigenvalue weighted by Gasteiger charge is -2.25. The lowest BCUT2D eigenvalue weighted by molar-refractivity contribution is -0.142. The summed E-state index contributed by atoms with van der Waals surface area (Å²) < 4.78 is 0. The minimum atomic E-state index is -1.14. The van der Waals surface area contributed by atoms with Gasteiger partial charge in [-0.05, 0) is 29.6 Å². The van der Waals surface area contributed by atoms with Crippen molar-refractivity contribution >= 4 is 35.5 Å². The SMILES string of the molecule is CSCCC(NC(=O)C(Cc1ccccc1)NC(=O)C(Cc1ccccc1)NC(=O)CN)C(=O)O. The fourth-order valence-corrected chi connectivity index (χ4v) is 3.88. The van der Waals surface area contributed by atoms with E-state index in [2.05, 4.69) is 16.0 Å². The fourth-order valence-electron chi connectivity index (χ4n) is 3.41. The molecule has 0 aliphatic carbocycles. The number of amides is 3. The summed E-state index contributed by atoms with van der Waals surface area (Å²) in [6.07, 6.45) is 2.44. The van der Waals surface area contributed by atoms with E-state index in [0.29, 0.717) is 5.75 Å². The number of hydrogen-bond donors (Lipinski definition) is 5. The van der Waals surface area contributed by atoms with Crippen LogP contribution in [-0.4, -0.2) is 65.5 Å². The Bertz CT molecular complexity index is 974. The Hall–Kier alpha value is -3.37. The van der Waals surface area contributed by atoms with E-state index in [-0.39, 0.29) is 25.8 Å². The van der Waals surface area contributed by atoms with Crippen molar-refractivity contribution in [3.8, 4) is 0 Å². The van der Waals surface area contributed by atoms with Crippen LogP contribution in [0.5, 0.6) is 0 Å².